The number of fused-ring (bicyclic) bond motifs is 5. The molecule has 0 aromatic carbocycles. The Balaban J connectivity index is 1.58. The van der Waals surface area contributed by atoms with Gasteiger partial charge in [0, 0.05) is 11.1 Å². The highest BCUT2D eigenvalue weighted by atomic mass is 32.1. The zero-order valence-corrected chi connectivity index (χ0v) is 16.4. The van der Waals surface area contributed by atoms with E-state index in [1.165, 1.54) is 44.2 Å². The summed E-state index contributed by atoms with van der Waals surface area (Å²) in [5, 5.41) is 15.0. The molecule has 7 atom stereocenters. The summed E-state index contributed by atoms with van der Waals surface area (Å²) in [5.41, 5.74) is 10.4. The van der Waals surface area contributed by atoms with Gasteiger partial charge in [-0.2, -0.15) is 5.10 Å². The van der Waals surface area contributed by atoms with Crippen molar-refractivity contribution in [3.63, 3.8) is 0 Å². The molecule has 4 fully saturated rings. The standard InChI is InChI=1S/C20H33N3OS/c1-19-9-7-13(24)11-12(19)3-4-14-15-5-6-17(22-23-18(21)25)20(15,2)10-8-16(14)19/h12-16,24H,3-11H2,1-2H3,(H3,21,23,25)/t12-,13-,14-,15-,16-,19-,20-/m0/s1. The summed E-state index contributed by atoms with van der Waals surface area (Å²) < 4.78 is 0. The van der Waals surface area contributed by atoms with Gasteiger partial charge >= 0.3 is 0 Å². The van der Waals surface area contributed by atoms with Crippen molar-refractivity contribution in [2.75, 3.05) is 0 Å². The normalized spacial score (nSPS) is 50.7. The van der Waals surface area contributed by atoms with Gasteiger partial charge in [0.2, 0.25) is 0 Å². The second-order valence-corrected chi connectivity index (χ2v) is 10.1. The second-order valence-electron chi connectivity index (χ2n) is 9.61. The highest BCUT2D eigenvalue weighted by Crippen LogP contribution is 2.65. The van der Waals surface area contributed by atoms with Crippen LogP contribution in [0.2, 0.25) is 0 Å². The van der Waals surface area contributed by atoms with E-state index in [4.69, 9.17) is 18.0 Å². The molecule has 4 aliphatic rings. The molecule has 4 N–H and O–H groups in total. The van der Waals surface area contributed by atoms with E-state index in [1.54, 1.807) is 0 Å². The molecule has 4 rings (SSSR count). The van der Waals surface area contributed by atoms with Crippen LogP contribution in [-0.2, 0) is 0 Å². The molecule has 4 nitrogen and oxygen atoms in total. The molecule has 0 unspecified atom stereocenters. The molecule has 4 aliphatic carbocycles. The van der Waals surface area contributed by atoms with Gasteiger partial charge in [-0.05, 0) is 99.1 Å². The van der Waals surface area contributed by atoms with Crippen molar-refractivity contribution in [3.8, 4) is 0 Å². The predicted molar refractivity (Wildman–Crippen MR) is 105 cm³/mol. The van der Waals surface area contributed by atoms with E-state index in [-0.39, 0.29) is 16.6 Å². The minimum Gasteiger partial charge on any atom is -0.393 e. The third kappa shape index (κ3) is 2.73. The lowest BCUT2D eigenvalue weighted by Crippen LogP contribution is -2.54. The van der Waals surface area contributed by atoms with Crippen LogP contribution in [0.1, 0.15) is 71.6 Å². The monoisotopic (exact) mass is 363 g/mol. The number of hydrogen-bond acceptors (Lipinski definition) is 3. The minimum absolute atomic E-state index is 0.0557. The lowest BCUT2D eigenvalue weighted by Gasteiger charge is -2.60. The number of thiocarbonyl (C=S) groups is 1. The Morgan fingerprint density at radius 1 is 1.16 bits per heavy atom. The van der Waals surface area contributed by atoms with Crippen molar-refractivity contribution in [3.05, 3.63) is 0 Å². The number of aliphatic hydroxyl groups excluding tert-OH is 1. The third-order valence-corrected chi connectivity index (χ3v) is 8.77. The maximum absolute atomic E-state index is 10.1. The fourth-order valence-corrected chi connectivity index (χ4v) is 7.38. The van der Waals surface area contributed by atoms with Gasteiger partial charge in [-0.25, -0.2) is 0 Å². The summed E-state index contributed by atoms with van der Waals surface area (Å²) in [7, 11) is 0. The third-order valence-electron chi connectivity index (χ3n) is 8.68. The Kier molecular flexibility index (Phi) is 4.39. The quantitative estimate of drug-likeness (QED) is 0.492. The molecule has 0 aromatic rings. The summed E-state index contributed by atoms with van der Waals surface area (Å²) in [4.78, 5) is 0. The van der Waals surface area contributed by atoms with E-state index in [1.807, 2.05) is 0 Å². The Labute approximate surface area is 157 Å². The van der Waals surface area contributed by atoms with Crippen LogP contribution in [0.3, 0.4) is 0 Å². The van der Waals surface area contributed by atoms with Crippen LogP contribution in [0.5, 0.6) is 0 Å². The van der Waals surface area contributed by atoms with Gasteiger partial charge < -0.3 is 10.8 Å². The Morgan fingerprint density at radius 2 is 1.96 bits per heavy atom. The van der Waals surface area contributed by atoms with E-state index in [0.717, 1.165) is 42.9 Å². The molecule has 0 aromatic heterocycles. The Hall–Kier alpha value is -0.680. The topological polar surface area (TPSA) is 70.6 Å². The molecule has 0 radical (unpaired) electrons. The van der Waals surface area contributed by atoms with Crippen molar-refractivity contribution >= 4 is 23.0 Å². The lowest BCUT2D eigenvalue weighted by molar-refractivity contribution is -0.113. The van der Waals surface area contributed by atoms with Gasteiger partial charge in [-0.1, -0.05) is 13.8 Å². The maximum atomic E-state index is 10.1. The van der Waals surface area contributed by atoms with Crippen LogP contribution in [0.25, 0.3) is 0 Å². The summed E-state index contributed by atoms with van der Waals surface area (Å²) in [6.45, 7) is 4.97. The van der Waals surface area contributed by atoms with Crippen LogP contribution < -0.4 is 11.2 Å². The van der Waals surface area contributed by atoms with Gasteiger partial charge in [-0.15, -0.1) is 0 Å². The van der Waals surface area contributed by atoms with Crippen LogP contribution in [-0.4, -0.2) is 22.0 Å². The molecule has 4 saturated carbocycles. The molecular weight excluding hydrogens is 330 g/mol. The van der Waals surface area contributed by atoms with Gasteiger partial charge in [0.05, 0.1) is 6.10 Å². The van der Waals surface area contributed by atoms with Crippen LogP contribution >= 0.6 is 12.2 Å². The SMILES string of the molecule is C[C@]12CC[C@H](O)C[C@@H]1CC[C@@H]1[C@@H]2CC[C@]2(C)C(=NNC(N)=S)CC[C@@H]12. The molecule has 25 heavy (non-hydrogen) atoms. The minimum atomic E-state index is -0.0557. The fraction of sp³-hybridized carbons (Fsp3) is 0.900. The number of hydrazone groups is 1. The van der Waals surface area contributed by atoms with Crippen molar-refractivity contribution < 1.29 is 5.11 Å². The lowest BCUT2D eigenvalue weighted by atomic mass is 9.45. The first-order valence-electron chi connectivity index (χ1n) is 10.1. The van der Waals surface area contributed by atoms with Crippen molar-refractivity contribution in [1.29, 1.82) is 0 Å². The average molecular weight is 364 g/mol. The summed E-state index contributed by atoms with van der Waals surface area (Å²) in [6, 6.07) is 0. The molecule has 5 heteroatoms. The number of rotatable bonds is 1. The van der Waals surface area contributed by atoms with Crippen LogP contribution in [0.15, 0.2) is 5.10 Å². The zero-order valence-electron chi connectivity index (χ0n) is 15.6. The van der Waals surface area contributed by atoms with Gasteiger partial charge in [-0.3, -0.25) is 5.43 Å². The Morgan fingerprint density at radius 3 is 2.72 bits per heavy atom. The summed E-state index contributed by atoms with van der Waals surface area (Å²) >= 11 is 4.93. The summed E-state index contributed by atoms with van der Waals surface area (Å²) in [5.74, 6) is 3.14. The van der Waals surface area contributed by atoms with Gasteiger partial charge in [0.15, 0.2) is 5.11 Å². The molecule has 0 saturated heterocycles. The molecule has 0 bridgehead atoms. The number of nitrogens with one attached hydrogen (secondary N) is 1. The van der Waals surface area contributed by atoms with Crippen molar-refractivity contribution in [2.24, 2.45) is 45.3 Å². The molecular formula is C20H33N3OS. The van der Waals surface area contributed by atoms with Crippen LogP contribution in [0, 0.1) is 34.5 Å². The van der Waals surface area contributed by atoms with E-state index in [2.05, 4.69) is 24.4 Å². The number of nitrogens with two attached hydrogens (primary N) is 1. The maximum Gasteiger partial charge on any atom is 0.184 e. The number of hydrogen-bond donors (Lipinski definition) is 3. The molecule has 0 aliphatic heterocycles. The Bertz CT molecular complexity index is 593. The highest BCUT2D eigenvalue weighted by molar-refractivity contribution is 7.80. The predicted octanol–water partition coefficient (Wildman–Crippen LogP) is 3.58. The first-order valence-corrected chi connectivity index (χ1v) is 10.6. The van der Waals surface area contributed by atoms with E-state index in [0.29, 0.717) is 5.41 Å². The van der Waals surface area contributed by atoms with Crippen LogP contribution in [0.4, 0.5) is 0 Å². The molecule has 0 heterocycles. The fourth-order valence-electron chi connectivity index (χ4n) is 7.33. The molecule has 140 valence electrons. The first-order chi connectivity index (χ1) is 11.8. The van der Waals surface area contributed by atoms with Gasteiger partial charge in [0.25, 0.3) is 0 Å². The average Bonchev–Trinajstić information content (AvgIpc) is 2.90. The molecule has 0 spiro atoms. The highest BCUT2D eigenvalue weighted by Gasteiger charge is 2.59. The van der Waals surface area contributed by atoms with Crippen molar-refractivity contribution in [2.45, 2.75) is 77.7 Å². The largest absolute Gasteiger partial charge is 0.393 e. The van der Waals surface area contributed by atoms with E-state index < -0.39 is 0 Å². The smallest absolute Gasteiger partial charge is 0.184 e. The van der Waals surface area contributed by atoms with Gasteiger partial charge in [0.1, 0.15) is 0 Å². The van der Waals surface area contributed by atoms with E-state index >= 15 is 0 Å². The first kappa shape index (κ1) is 17.7. The summed E-state index contributed by atoms with van der Waals surface area (Å²) in [6.07, 6.45) is 10.7. The van der Waals surface area contributed by atoms with Crippen molar-refractivity contribution in [1.82, 2.24) is 5.43 Å². The number of aliphatic hydroxyl groups is 1. The zero-order chi connectivity index (χ0) is 17.8. The van der Waals surface area contributed by atoms with E-state index in [9.17, 15) is 5.11 Å². The second kappa shape index (κ2) is 6.19. The molecule has 0 amide bonds. The number of nitrogens with zero attached hydrogens (tertiary/aromatic N) is 1.